The van der Waals surface area contributed by atoms with Crippen molar-refractivity contribution in [1.82, 2.24) is 4.98 Å². The average molecular weight is 413 g/mol. The van der Waals surface area contributed by atoms with Crippen molar-refractivity contribution >= 4 is 5.97 Å². The van der Waals surface area contributed by atoms with Crippen LogP contribution in [0.5, 0.6) is 5.75 Å². The van der Waals surface area contributed by atoms with Crippen molar-refractivity contribution in [3.05, 3.63) is 46.6 Å². The molecule has 2 aromatic rings. The van der Waals surface area contributed by atoms with Gasteiger partial charge in [0.25, 0.3) is 0 Å². The van der Waals surface area contributed by atoms with Gasteiger partial charge in [-0.1, -0.05) is 13.8 Å². The van der Waals surface area contributed by atoms with Crippen LogP contribution in [-0.4, -0.2) is 27.8 Å². The number of carbonyl (C=O) groups excluding carboxylic acids is 1. The normalized spacial score (nSPS) is 30.2. The lowest BCUT2D eigenvalue weighted by Gasteiger charge is -2.53. The first-order chi connectivity index (χ1) is 14.2. The van der Waals surface area contributed by atoms with Crippen LogP contribution in [0.2, 0.25) is 0 Å². The van der Waals surface area contributed by atoms with Gasteiger partial charge in [0, 0.05) is 36.9 Å². The van der Waals surface area contributed by atoms with Crippen molar-refractivity contribution in [1.29, 1.82) is 0 Å². The molecule has 1 aliphatic heterocycles. The van der Waals surface area contributed by atoms with E-state index in [1.165, 1.54) is 6.92 Å². The number of aromatic nitrogens is 1. The van der Waals surface area contributed by atoms with Gasteiger partial charge in [0.05, 0.1) is 6.10 Å². The molecule has 5 atom stereocenters. The number of pyridine rings is 1. The fourth-order valence-electron chi connectivity index (χ4n) is 4.82. The third-order valence-corrected chi connectivity index (χ3v) is 6.60. The summed E-state index contributed by atoms with van der Waals surface area (Å²) in [6.45, 7) is 7.44. The second-order valence-electron chi connectivity index (χ2n) is 8.83. The fourth-order valence-corrected chi connectivity index (χ4v) is 4.82. The maximum absolute atomic E-state index is 12.8. The Morgan fingerprint density at radius 2 is 2.13 bits per heavy atom. The minimum atomic E-state index is -1.07. The Bertz CT molecular complexity index is 1000. The highest BCUT2D eigenvalue weighted by Crippen LogP contribution is 2.53. The maximum Gasteiger partial charge on any atom is 0.345 e. The van der Waals surface area contributed by atoms with E-state index in [-0.39, 0.29) is 17.2 Å². The molecular weight excluding hydrogens is 386 g/mol. The van der Waals surface area contributed by atoms with Gasteiger partial charge in [0.15, 0.2) is 0 Å². The number of hydrogen-bond donors (Lipinski definition) is 1. The number of ether oxygens (including phenoxy) is 2. The Hall–Kier alpha value is -2.67. The largest absolute Gasteiger partial charge is 0.482 e. The second kappa shape index (κ2) is 7.54. The highest BCUT2D eigenvalue weighted by molar-refractivity contribution is 5.66. The summed E-state index contributed by atoms with van der Waals surface area (Å²) in [5, 5.41) is 11.2. The summed E-state index contributed by atoms with van der Waals surface area (Å²) in [5.74, 6) is 0.344. The minimum Gasteiger partial charge on any atom is -0.482 e. The Kier molecular flexibility index (Phi) is 5.18. The highest BCUT2D eigenvalue weighted by atomic mass is 16.6. The number of rotatable bonds is 3. The van der Waals surface area contributed by atoms with E-state index in [1.54, 1.807) is 30.6 Å². The van der Waals surface area contributed by atoms with Crippen LogP contribution in [0.3, 0.4) is 0 Å². The van der Waals surface area contributed by atoms with E-state index in [4.69, 9.17) is 13.9 Å². The third-order valence-electron chi connectivity index (χ3n) is 6.60. The SMILES string of the molecule is CC(=O)O[C@H]1C[C@@H](C(C)C)CC2[C@@H](O)c3c(cc(-c4cccnc4)oc3=O)O[C@@]21C. The molecule has 1 N–H and O–H groups in total. The monoisotopic (exact) mass is 413 g/mol. The number of esters is 1. The van der Waals surface area contributed by atoms with Crippen LogP contribution in [0.15, 0.2) is 39.8 Å². The molecule has 0 spiro atoms. The second-order valence-corrected chi connectivity index (χ2v) is 8.83. The molecule has 4 rings (SSSR count). The van der Waals surface area contributed by atoms with E-state index in [9.17, 15) is 14.7 Å². The van der Waals surface area contributed by atoms with Crippen LogP contribution in [0.4, 0.5) is 0 Å². The first kappa shape index (κ1) is 20.6. The van der Waals surface area contributed by atoms with Crippen LogP contribution in [-0.2, 0) is 9.53 Å². The molecule has 1 saturated carbocycles. The van der Waals surface area contributed by atoms with Gasteiger partial charge in [-0.05, 0) is 43.7 Å². The van der Waals surface area contributed by atoms with Crippen molar-refractivity contribution in [2.24, 2.45) is 17.8 Å². The summed E-state index contributed by atoms with van der Waals surface area (Å²) in [4.78, 5) is 28.7. The Labute approximate surface area is 175 Å². The minimum absolute atomic E-state index is 0.121. The zero-order valence-corrected chi connectivity index (χ0v) is 17.6. The Morgan fingerprint density at radius 1 is 1.37 bits per heavy atom. The number of nitrogens with zero attached hydrogens (tertiary/aromatic N) is 1. The van der Waals surface area contributed by atoms with E-state index in [0.29, 0.717) is 30.1 Å². The molecular formula is C23H27NO6. The topological polar surface area (TPSA) is 98.9 Å². The highest BCUT2D eigenvalue weighted by Gasteiger charge is 2.57. The van der Waals surface area contributed by atoms with Gasteiger partial charge in [-0.25, -0.2) is 4.79 Å². The molecule has 30 heavy (non-hydrogen) atoms. The van der Waals surface area contributed by atoms with Crippen LogP contribution >= 0.6 is 0 Å². The molecule has 7 nitrogen and oxygen atoms in total. The van der Waals surface area contributed by atoms with Crippen molar-refractivity contribution < 1.29 is 23.8 Å². The quantitative estimate of drug-likeness (QED) is 0.769. The molecule has 2 aromatic heterocycles. The lowest BCUT2D eigenvalue weighted by atomic mass is 9.63. The summed E-state index contributed by atoms with van der Waals surface area (Å²) >= 11 is 0. The number of aliphatic hydroxyl groups excluding tert-OH is 1. The van der Waals surface area contributed by atoms with Gasteiger partial charge in [0.2, 0.25) is 0 Å². The molecule has 0 radical (unpaired) electrons. The number of carbonyl (C=O) groups is 1. The van der Waals surface area contributed by atoms with E-state index < -0.39 is 35.3 Å². The number of hydrogen-bond acceptors (Lipinski definition) is 7. The van der Waals surface area contributed by atoms with E-state index >= 15 is 0 Å². The van der Waals surface area contributed by atoms with Gasteiger partial charge in [-0.2, -0.15) is 0 Å². The molecule has 2 aliphatic rings. The van der Waals surface area contributed by atoms with Crippen LogP contribution < -0.4 is 10.4 Å². The zero-order valence-electron chi connectivity index (χ0n) is 17.6. The summed E-state index contributed by atoms with van der Waals surface area (Å²) in [5.41, 5.74) is -0.834. The van der Waals surface area contributed by atoms with Crippen molar-refractivity contribution in [2.75, 3.05) is 0 Å². The van der Waals surface area contributed by atoms with Crippen LogP contribution in [0.25, 0.3) is 11.3 Å². The summed E-state index contributed by atoms with van der Waals surface area (Å²) in [7, 11) is 0. The number of fused-ring (bicyclic) bond motifs is 2. The molecule has 1 fully saturated rings. The first-order valence-electron chi connectivity index (χ1n) is 10.3. The predicted molar refractivity (Wildman–Crippen MR) is 109 cm³/mol. The van der Waals surface area contributed by atoms with E-state index in [2.05, 4.69) is 18.8 Å². The molecule has 0 amide bonds. The molecule has 1 unspecified atom stereocenters. The number of aliphatic hydroxyl groups is 1. The van der Waals surface area contributed by atoms with Gasteiger partial charge >= 0.3 is 11.6 Å². The van der Waals surface area contributed by atoms with Crippen LogP contribution in [0, 0.1) is 17.8 Å². The fraction of sp³-hybridized carbons (Fsp3) is 0.522. The van der Waals surface area contributed by atoms with E-state index in [0.717, 1.165) is 0 Å². The van der Waals surface area contributed by atoms with Gasteiger partial charge in [-0.3, -0.25) is 9.78 Å². The average Bonchev–Trinajstić information content (AvgIpc) is 2.68. The van der Waals surface area contributed by atoms with Crippen molar-refractivity contribution in [3.8, 4) is 17.1 Å². The zero-order chi connectivity index (χ0) is 21.6. The lowest BCUT2D eigenvalue weighted by molar-refractivity contribution is -0.194. The third kappa shape index (κ3) is 3.41. The first-order valence-corrected chi connectivity index (χ1v) is 10.3. The molecule has 7 heteroatoms. The summed E-state index contributed by atoms with van der Waals surface area (Å²) < 4.78 is 17.5. The van der Waals surface area contributed by atoms with Crippen molar-refractivity contribution in [2.45, 2.75) is 58.3 Å². The van der Waals surface area contributed by atoms with Gasteiger partial charge in [0.1, 0.15) is 28.8 Å². The molecule has 3 heterocycles. The van der Waals surface area contributed by atoms with E-state index in [1.807, 2.05) is 6.92 Å². The Morgan fingerprint density at radius 3 is 2.77 bits per heavy atom. The molecule has 0 aromatic carbocycles. The molecule has 0 bridgehead atoms. The van der Waals surface area contributed by atoms with Gasteiger partial charge < -0.3 is 19.0 Å². The lowest BCUT2D eigenvalue weighted by Crippen LogP contribution is -2.61. The summed E-state index contributed by atoms with van der Waals surface area (Å²) in [6.07, 6.45) is 2.92. The smallest absolute Gasteiger partial charge is 0.345 e. The van der Waals surface area contributed by atoms with Crippen molar-refractivity contribution in [3.63, 3.8) is 0 Å². The Balaban J connectivity index is 1.81. The molecule has 0 saturated heterocycles. The molecule has 1 aliphatic carbocycles. The predicted octanol–water partition coefficient (Wildman–Crippen LogP) is 3.50. The molecule has 160 valence electrons. The van der Waals surface area contributed by atoms with Gasteiger partial charge in [-0.15, -0.1) is 0 Å². The standard InChI is InChI=1S/C23H27NO6/c1-12(2)15-8-16-21(26)20-18(30-23(16,4)19(9-15)28-13(3)25)10-17(29-22(20)27)14-6-5-7-24-11-14/h5-7,10-12,15-16,19,21,26H,8-9H2,1-4H3/t15-,16?,19-,21+,23-/m0/s1. The maximum atomic E-state index is 12.8. The van der Waals surface area contributed by atoms with Crippen LogP contribution in [0.1, 0.15) is 52.2 Å². The summed E-state index contributed by atoms with van der Waals surface area (Å²) in [6, 6.07) is 5.13.